The Morgan fingerprint density at radius 2 is 2.21 bits per heavy atom. The Kier molecular flexibility index (Phi) is 5.54. The second-order valence-corrected chi connectivity index (χ2v) is 7.25. The number of rotatable bonds is 4. The first kappa shape index (κ1) is 15.1. The number of thioether (sulfide) groups is 1. The zero-order chi connectivity index (χ0) is 13.7. The molecular weight excluding hydrogens is 260 g/mol. The Balaban J connectivity index is 1.82. The summed E-state index contributed by atoms with van der Waals surface area (Å²) in [4.78, 5) is 12.2. The smallest absolute Gasteiger partial charge is 0.222 e. The minimum atomic E-state index is -0.356. The van der Waals surface area contributed by atoms with E-state index in [9.17, 15) is 9.90 Å². The highest BCUT2D eigenvalue weighted by atomic mass is 32.2. The third-order valence-electron chi connectivity index (χ3n) is 4.37. The van der Waals surface area contributed by atoms with E-state index in [-0.39, 0.29) is 24.1 Å². The van der Waals surface area contributed by atoms with Crippen molar-refractivity contribution >= 4 is 17.7 Å². The molecule has 0 spiro atoms. The van der Waals surface area contributed by atoms with Gasteiger partial charge >= 0.3 is 0 Å². The lowest BCUT2D eigenvalue weighted by molar-refractivity contribution is -0.124. The first-order valence-corrected chi connectivity index (χ1v) is 8.52. The van der Waals surface area contributed by atoms with E-state index in [1.54, 1.807) is 0 Å². The molecule has 1 heterocycles. The molecule has 1 atom stereocenters. The summed E-state index contributed by atoms with van der Waals surface area (Å²) in [6.45, 7) is 3.30. The van der Waals surface area contributed by atoms with Gasteiger partial charge in [-0.05, 0) is 31.6 Å². The highest BCUT2D eigenvalue weighted by Gasteiger charge is 2.35. The predicted octanol–water partition coefficient (Wildman–Crippen LogP) is 1.14. The molecule has 1 aliphatic carbocycles. The molecule has 2 aliphatic rings. The van der Waals surface area contributed by atoms with Crippen molar-refractivity contribution in [1.82, 2.24) is 10.6 Å². The van der Waals surface area contributed by atoms with Crippen LogP contribution in [0, 0.1) is 5.92 Å². The van der Waals surface area contributed by atoms with Crippen LogP contribution >= 0.6 is 11.8 Å². The number of aliphatic hydroxyl groups excluding tert-OH is 1. The molecule has 3 N–H and O–H groups in total. The summed E-state index contributed by atoms with van der Waals surface area (Å²) < 4.78 is 0. The number of amides is 1. The van der Waals surface area contributed by atoms with E-state index < -0.39 is 0 Å². The van der Waals surface area contributed by atoms with Crippen LogP contribution < -0.4 is 10.6 Å². The van der Waals surface area contributed by atoms with Crippen molar-refractivity contribution in [3.05, 3.63) is 0 Å². The molecule has 110 valence electrons. The van der Waals surface area contributed by atoms with Crippen molar-refractivity contribution in [1.29, 1.82) is 0 Å². The monoisotopic (exact) mass is 286 g/mol. The number of carbonyl (C=O) groups is 1. The van der Waals surface area contributed by atoms with E-state index in [0.29, 0.717) is 12.3 Å². The maximum absolute atomic E-state index is 12.2. The van der Waals surface area contributed by atoms with Crippen LogP contribution in [0.3, 0.4) is 0 Å². The summed E-state index contributed by atoms with van der Waals surface area (Å²) in [5.41, 5.74) is -0.356. The average molecular weight is 286 g/mol. The third-order valence-corrected chi connectivity index (χ3v) is 5.50. The quantitative estimate of drug-likeness (QED) is 0.725. The average Bonchev–Trinajstić information content (AvgIpc) is 2.43. The van der Waals surface area contributed by atoms with Gasteiger partial charge in [0.1, 0.15) is 0 Å². The summed E-state index contributed by atoms with van der Waals surface area (Å²) in [7, 11) is 0. The van der Waals surface area contributed by atoms with Crippen molar-refractivity contribution in [3.63, 3.8) is 0 Å². The number of hydrogen-bond acceptors (Lipinski definition) is 4. The number of hydrogen-bond donors (Lipinski definition) is 3. The van der Waals surface area contributed by atoms with Gasteiger partial charge in [0.05, 0.1) is 12.1 Å². The van der Waals surface area contributed by atoms with Gasteiger partial charge in [0.2, 0.25) is 5.91 Å². The van der Waals surface area contributed by atoms with E-state index in [2.05, 4.69) is 17.6 Å². The Labute approximate surface area is 120 Å². The molecular formula is C14H26N2O2S. The zero-order valence-electron chi connectivity index (χ0n) is 11.8. The van der Waals surface area contributed by atoms with E-state index in [1.165, 1.54) is 0 Å². The summed E-state index contributed by atoms with van der Waals surface area (Å²) in [5.74, 6) is 2.95. The predicted molar refractivity (Wildman–Crippen MR) is 79.3 cm³/mol. The van der Waals surface area contributed by atoms with Gasteiger partial charge < -0.3 is 15.7 Å². The van der Waals surface area contributed by atoms with Crippen molar-refractivity contribution in [2.45, 2.75) is 50.6 Å². The molecule has 19 heavy (non-hydrogen) atoms. The third kappa shape index (κ3) is 4.36. The van der Waals surface area contributed by atoms with Crippen LogP contribution in [0.1, 0.15) is 39.0 Å². The van der Waals surface area contributed by atoms with Gasteiger partial charge in [-0.1, -0.05) is 6.92 Å². The van der Waals surface area contributed by atoms with E-state index in [4.69, 9.17) is 0 Å². The molecule has 1 saturated carbocycles. The molecule has 1 amide bonds. The molecule has 1 unspecified atom stereocenters. The molecule has 0 aromatic carbocycles. The van der Waals surface area contributed by atoms with Crippen molar-refractivity contribution in [2.24, 2.45) is 5.92 Å². The molecule has 4 nitrogen and oxygen atoms in total. The summed E-state index contributed by atoms with van der Waals surface area (Å²) in [5, 5.41) is 16.1. The maximum atomic E-state index is 12.2. The van der Waals surface area contributed by atoms with Gasteiger partial charge in [0.25, 0.3) is 0 Å². The molecule has 0 radical (unpaired) electrons. The lowest BCUT2D eigenvalue weighted by atomic mass is 9.77. The fraction of sp³-hybridized carbons (Fsp3) is 0.929. The van der Waals surface area contributed by atoms with E-state index >= 15 is 0 Å². The minimum Gasteiger partial charge on any atom is -0.394 e. The standard InChI is InChI=1S/C14H26N2O2S/c1-11-2-4-14(10-17,5-3-11)16-13(18)8-12-9-19-7-6-15-12/h11-12,15,17H,2-10H2,1H3,(H,16,18). The second-order valence-electron chi connectivity index (χ2n) is 6.10. The Bertz CT molecular complexity index is 298. The summed E-state index contributed by atoms with van der Waals surface area (Å²) >= 11 is 1.90. The van der Waals surface area contributed by atoms with Crippen molar-refractivity contribution in [2.75, 3.05) is 24.7 Å². The fourth-order valence-electron chi connectivity index (χ4n) is 2.96. The van der Waals surface area contributed by atoms with Gasteiger partial charge in [-0.15, -0.1) is 0 Å². The molecule has 5 heteroatoms. The molecule has 2 rings (SSSR count). The number of carbonyl (C=O) groups excluding carboxylic acids is 1. The summed E-state index contributed by atoms with van der Waals surface area (Å²) in [6, 6.07) is 0.289. The van der Waals surface area contributed by atoms with Gasteiger partial charge in [-0.2, -0.15) is 11.8 Å². The SMILES string of the molecule is CC1CCC(CO)(NC(=O)CC2CSCCN2)CC1. The van der Waals surface area contributed by atoms with E-state index in [1.807, 2.05) is 11.8 Å². The van der Waals surface area contributed by atoms with Crippen LogP contribution in [0.4, 0.5) is 0 Å². The van der Waals surface area contributed by atoms with Gasteiger partial charge in [-0.25, -0.2) is 0 Å². The van der Waals surface area contributed by atoms with Crippen LogP contribution in [-0.2, 0) is 4.79 Å². The first-order chi connectivity index (χ1) is 9.13. The molecule has 0 aromatic rings. The largest absolute Gasteiger partial charge is 0.394 e. The van der Waals surface area contributed by atoms with Crippen LogP contribution in [-0.4, -0.2) is 47.3 Å². The topological polar surface area (TPSA) is 61.4 Å². The summed E-state index contributed by atoms with van der Waals surface area (Å²) in [6.07, 6.45) is 4.54. The van der Waals surface area contributed by atoms with E-state index in [0.717, 1.165) is 43.7 Å². The van der Waals surface area contributed by atoms with Crippen molar-refractivity contribution in [3.8, 4) is 0 Å². The second kappa shape index (κ2) is 6.95. The lowest BCUT2D eigenvalue weighted by Crippen LogP contribution is -2.54. The lowest BCUT2D eigenvalue weighted by Gasteiger charge is -2.39. The minimum absolute atomic E-state index is 0.0678. The molecule has 1 saturated heterocycles. The Hall–Kier alpha value is -0.260. The molecule has 0 aromatic heterocycles. The number of nitrogens with one attached hydrogen (secondary N) is 2. The highest BCUT2D eigenvalue weighted by Crippen LogP contribution is 2.31. The van der Waals surface area contributed by atoms with Crippen LogP contribution in [0.2, 0.25) is 0 Å². The van der Waals surface area contributed by atoms with Gasteiger partial charge in [0, 0.05) is 30.5 Å². The highest BCUT2D eigenvalue weighted by molar-refractivity contribution is 7.99. The van der Waals surface area contributed by atoms with Crippen molar-refractivity contribution < 1.29 is 9.90 Å². The Morgan fingerprint density at radius 1 is 1.47 bits per heavy atom. The van der Waals surface area contributed by atoms with Crippen LogP contribution in [0.25, 0.3) is 0 Å². The fourth-order valence-corrected chi connectivity index (χ4v) is 3.91. The van der Waals surface area contributed by atoms with Gasteiger partial charge in [-0.3, -0.25) is 4.79 Å². The van der Waals surface area contributed by atoms with Crippen LogP contribution in [0.15, 0.2) is 0 Å². The molecule has 1 aliphatic heterocycles. The maximum Gasteiger partial charge on any atom is 0.222 e. The van der Waals surface area contributed by atoms with Gasteiger partial charge in [0.15, 0.2) is 0 Å². The number of aliphatic hydroxyl groups is 1. The molecule has 2 fully saturated rings. The van der Waals surface area contributed by atoms with Crippen LogP contribution in [0.5, 0.6) is 0 Å². The Morgan fingerprint density at radius 3 is 2.79 bits per heavy atom. The zero-order valence-corrected chi connectivity index (χ0v) is 12.6. The molecule has 0 bridgehead atoms. The first-order valence-electron chi connectivity index (χ1n) is 7.36. The normalized spacial score (nSPS) is 35.9.